The minimum Gasteiger partial charge on any atom is -0.480 e. The van der Waals surface area contributed by atoms with Gasteiger partial charge in [-0.2, -0.15) is 0 Å². The van der Waals surface area contributed by atoms with E-state index in [1.54, 1.807) is 17.0 Å². The van der Waals surface area contributed by atoms with Crippen LogP contribution in [-0.4, -0.2) is 51.8 Å². The molecule has 1 fully saturated rings. The molecule has 0 aliphatic carbocycles. The molecule has 2 aromatic rings. The Balaban J connectivity index is 1.72. The molecule has 3 heterocycles. The van der Waals surface area contributed by atoms with Crippen LogP contribution < -0.4 is 5.32 Å². The van der Waals surface area contributed by atoms with Gasteiger partial charge in [0.15, 0.2) is 5.76 Å². The van der Waals surface area contributed by atoms with Crippen LogP contribution in [0.25, 0.3) is 11.7 Å². The van der Waals surface area contributed by atoms with Crippen LogP contribution in [0.3, 0.4) is 0 Å². The average molecular weight is 278 g/mol. The molecular formula is C12H14N4O4. The summed E-state index contributed by atoms with van der Waals surface area (Å²) < 4.78 is 10.7. The third-order valence-electron chi connectivity index (χ3n) is 3.18. The number of nitrogens with zero attached hydrogens (tertiary/aromatic N) is 3. The van der Waals surface area contributed by atoms with E-state index in [1.807, 2.05) is 0 Å². The number of piperazine rings is 1. The Morgan fingerprint density at radius 3 is 3.20 bits per heavy atom. The molecule has 0 aromatic carbocycles. The summed E-state index contributed by atoms with van der Waals surface area (Å²) in [6.45, 7) is 2.08. The first kappa shape index (κ1) is 12.8. The van der Waals surface area contributed by atoms with Gasteiger partial charge in [0.1, 0.15) is 6.04 Å². The van der Waals surface area contributed by atoms with Crippen LogP contribution in [0.2, 0.25) is 0 Å². The number of aromatic nitrogens is 2. The first-order valence-electron chi connectivity index (χ1n) is 6.28. The van der Waals surface area contributed by atoms with Gasteiger partial charge in [-0.25, -0.2) is 0 Å². The van der Waals surface area contributed by atoms with Crippen LogP contribution in [0.4, 0.5) is 0 Å². The Labute approximate surface area is 114 Å². The lowest BCUT2D eigenvalue weighted by Gasteiger charge is -2.32. The molecule has 1 atom stereocenters. The van der Waals surface area contributed by atoms with Crippen LogP contribution in [0, 0.1) is 0 Å². The van der Waals surface area contributed by atoms with Gasteiger partial charge >= 0.3 is 5.97 Å². The SMILES string of the molecule is O=C(O)C1CNCCN1Cc1nnc(-c2ccco2)o1. The fourth-order valence-corrected chi connectivity index (χ4v) is 2.17. The number of furan rings is 1. The molecule has 1 saturated heterocycles. The van der Waals surface area contributed by atoms with Crippen LogP contribution in [0.15, 0.2) is 27.2 Å². The van der Waals surface area contributed by atoms with Crippen LogP contribution in [-0.2, 0) is 11.3 Å². The highest BCUT2D eigenvalue weighted by Crippen LogP contribution is 2.19. The van der Waals surface area contributed by atoms with Gasteiger partial charge in [0.2, 0.25) is 5.89 Å². The second kappa shape index (κ2) is 5.43. The summed E-state index contributed by atoms with van der Waals surface area (Å²) >= 11 is 0. The van der Waals surface area contributed by atoms with Crippen LogP contribution in [0.5, 0.6) is 0 Å². The van der Waals surface area contributed by atoms with E-state index < -0.39 is 12.0 Å². The van der Waals surface area contributed by atoms with Crippen molar-refractivity contribution in [1.29, 1.82) is 0 Å². The van der Waals surface area contributed by atoms with Gasteiger partial charge < -0.3 is 19.3 Å². The Bertz CT molecular complexity index is 580. The fraction of sp³-hybridized carbons (Fsp3) is 0.417. The van der Waals surface area contributed by atoms with Gasteiger partial charge in [-0.05, 0) is 12.1 Å². The number of rotatable bonds is 4. The standard InChI is InChI=1S/C12H14N4O4/c17-12(18)8-6-13-3-4-16(8)7-10-14-15-11(20-10)9-2-1-5-19-9/h1-2,5,8,13H,3-4,6-7H2,(H,17,18). The number of aliphatic carboxylic acids is 1. The van der Waals surface area contributed by atoms with E-state index in [0.717, 1.165) is 6.54 Å². The maximum absolute atomic E-state index is 11.2. The Hall–Kier alpha value is -2.19. The average Bonchev–Trinajstić information content (AvgIpc) is 3.09. The molecule has 8 heteroatoms. The maximum atomic E-state index is 11.2. The zero-order valence-electron chi connectivity index (χ0n) is 10.7. The molecule has 2 aromatic heterocycles. The highest BCUT2D eigenvalue weighted by Gasteiger charge is 2.29. The van der Waals surface area contributed by atoms with E-state index in [9.17, 15) is 9.90 Å². The van der Waals surface area contributed by atoms with Crippen molar-refractivity contribution < 1.29 is 18.7 Å². The quantitative estimate of drug-likeness (QED) is 0.816. The van der Waals surface area contributed by atoms with Crippen molar-refractivity contribution in [3.8, 4) is 11.7 Å². The number of nitrogens with one attached hydrogen (secondary N) is 1. The van der Waals surface area contributed by atoms with E-state index in [-0.39, 0.29) is 0 Å². The molecule has 1 aliphatic heterocycles. The molecule has 0 bridgehead atoms. The number of hydrogen-bond donors (Lipinski definition) is 2. The summed E-state index contributed by atoms with van der Waals surface area (Å²) in [6, 6.07) is 2.88. The minimum atomic E-state index is -0.858. The molecular weight excluding hydrogens is 264 g/mol. The van der Waals surface area contributed by atoms with E-state index in [2.05, 4.69) is 15.5 Å². The highest BCUT2D eigenvalue weighted by molar-refractivity contribution is 5.73. The lowest BCUT2D eigenvalue weighted by molar-refractivity contribution is -0.144. The molecule has 8 nitrogen and oxygen atoms in total. The van der Waals surface area contributed by atoms with Crippen molar-refractivity contribution in [2.75, 3.05) is 19.6 Å². The van der Waals surface area contributed by atoms with Crippen molar-refractivity contribution in [2.24, 2.45) is 0 Å². The third kappa shape index (κ3) is 2.56. The second-order valence-electron chi connectivity index (χ2n) is 4.51. The Morgan fingerprint density at radius 1 is 1.55 bits per heavy atom. The third-order valence-corrected chi connectivity index (χ3v) is 3.18. The molecule has 3 rings (SSSR count). The van der Waals surface area contributed by atoms with Crippen LogP contribution in [0.1, 0.15) is 5.89 Å². The normalized spacial score (nSPS) is 20.1. The lowest BCUT2D eigenvalue weighted by atomic mass is 10.2. The van der Waals surface area contributed by atoms with Crippen molar-refractivity contribution in [1.82, 2.24) is 20.4 Å². The van der Waals surface area contributed by atoms with Crippen molar-refractivity contribution in [3.63, 3.8) is 0 Å². The van der Waals surface area contributed by atoms with E-state index >= 15 is 0 Å². The highest BCUT2D eigenvalue weighted by atomic mass is 16.4. The summed E-state index contributed by atoms with van der Waals surface area (Å²) in [5, 5.41) is 20.1. The van der Waals surface area contributed by atoms with Gasteiger partial charge in [-0.1, -0.05) is 0 Å². The molecule has 0 amide bonds. The van der Waals surface area contributed by atoms with Gasteiger partial charge in [0, 0.05) is 19.6 Å². The molecule has 106 valence electrons. The molecule has 20 heavy (non-hydrogen) atoms. The Morgan fingerprint density at radius 2 is 2.45 bits per heavy atom. The maximum Gasteiger partial charge on any atom is 0.322 e. The summed E-state index contributed by atoms with van der Waals surface area (Å²) in [4.78, 5) is 13.0. The van der Waals surface area contributed by atoms with E-state index in [1.165, 1.54) is 6.26 Å². The number of carboxylic acids is 1. The van der Waals surface area contributed by atoms with Gasteiger partial charge in [-0.3, -0.25) is 9.69 Å². The molecule has 2 N–H and O–H groups in total. The monoisotopic (exact) mass is 278 g/mol. The summed E-state index contributed by atoms with van der Waals surface area (Å²) in [5.74, 6) is 0.318. The number of hydrogen-bond acceptors (Lipinski definition) is 7. The molecule has 0 spiro atoms. The van der Waals surface area contributed by atoms with Crippen molar-refractivity contribution >= 4 is 5.97 Å². The van der Waals surface area contributed by atoms with Crippen LogP contribution >= 0.6 is 0 Å². The second-order valence-corrected chi connectivity index (χ2v) is 4.51. The molecule has 1 aliphatic rings. The Kier molecular flexibility index (Phi) is 3.48. The topological polar surface area (TPSA) is 105 Å². The van der Waals surface area contributed by atoms with E-state index in [4.69, 9.17) is 8.83 Å². The van der Waals surface area contributed by atoms with Gasteiger partial charge in [0.25, 0.3) is 5.89 Å². The predicted octanol–water partition coefficient (Wildman–Crippen LogP) is 0.188. The lowest BCUT2D eigenvalue weighted by Crippen LogP contribution is -2.54. The molecule has 0 saturated carbocycles. The summed E-state index contributed by atoms with van der Waals surface area (Å²) in [5.41, 5.74) is 0. The largest absolute Gasteiger partial charge is 0.480 e. The summed E-state index contributed by atoms with van der Waals surface area (Å²) in [7, 11) is 0. The van der Waals surface area contributed by atoms with Gasteiger partial charge in [0.05, 0.1) is 12.8 Å². The number of carbonyl (C=O) groups is 1. The van der Waals surface area contributed by atoms with E-state index in [0.29, 0.717) is 37.2 Å². The first-order valence-corrected chi connectivity index (χ1v) is 6.28. The smallest absolute Gasteiger partial charge is 0.322 e. The van der Waals surface area contributed by atoms with Crippen molar-refractivity contribution in [2.45, 2.75) is 12.6 Å². The minimum absolute atomic E-state index is 0.298. The predicted molar refractivity (Wildman–Crippen MR) is 66.7 cm³/mol. The molecule has 1 unspecified atom stereocenters. The summed E-state index contributed by atoms with van der Waals surface area (Å²) in [6.07, 6.45) is 1.52. The molecule has 0 radical (unpaired) electrons. The first-order chi connectivity index (χ1) is 9.74. The van der Waals surface area contributed by atoms with Gasteiger partial charge in [-0.15, -0.1) is 10.2 Å². The zero-order chi connectivity index (χ0) is 13.9. The zero-order valence-corrected chi connectivity index (χ0v) is 10.7. The fourth-order valence-electron chi connectivity index (χ4n) is 2.17. The number of carboxylic acid groups (broad SMARTS) is 1. The van der Waals surface area contributed by atoms with Crippen molar-refractivity contribution in [3.05, 3.63) is 24.3 Å².